The van der Waals surface area contributed by atoms with Crippen molar-refractivity contribution in [2.24, 2.45) is 0 Å². The molecule has 0 aliphatic carbocycles. The zero-order valence-corrected chi connectivity index (χ0v) is 20.5. The van der Waals surface area contributed by atoms with Gasteiger partial charge in [-0.1, -0.05) is 35.9 Å². The smallest absolute Gasteiger partial charge is 0.253 e. The number of amides is 1. The molecular weight excluding hydrogens is 473 g/mol. The molecule has 1 N–H and O–H groups in total. The predicted molar refractivity (Wildman–Crippen MR) is 137 cm³/mol. The van der Waals surface area contributed by atoms with Crippen molar-refractivity contribution in [1.29, 1.82) is 0 Å². The normalized spacial score (nSPS) is 14.1. The summed E-state index contributed by atoms with van der Waals surface area (Å²) < 4.78 is 5.26. The lowest BCUT2D eigenvalue weighted by Crippen LogP contribution is -2.47. The van der Waals surface area contributed by atoms with Crippen molar-refractivity contribution in [2.45, 2.75) is 0 Å². The van der Waals surface area contributed by atoms with E-state index in [1.807, 2.05) is 53.4 Å². The van der Waals surface area contributed by atoms with Crippen molar-refractivity contribution in [3.8, 4) is 28.3 Å². The van der Waals surface area contributed by atoms with Gasteiger partial charge in [-0.05, 0) is 36.9 Å². The molecule has 3 heterocycles. The second-order valence-electron chi connectivity index (χ2n) is 8.17. The van der Waals surface area contributed by atoms with Crippen LogP contribution in [0.3, 0.4) is 0 Å². The van der Waals surface area contributed by atoms with Crippen LogP contribution in [0, 0.1) is 0 Å². The van der Waals surface area contributed by atoms with Gasteiger partial charge in [-0.25, -0.2) is 9.97 Å². The van der Waals surface area contributed by atoms with Crippen LogP contribution in [-0.4, -0.2) is 71.0 Å². The van der Waals surface area contributed by atoms with Crippen molar-refractivity contribution in [2.75, 3.05) is 40.3 Å². The quantitative estimate of drug-likeness (QED) is 0.439. The van der Waals surface area contributed by atoms with Gasteiger partial charge >= 0.3 is 0 Å². The van der Waals surface area contributed by atoms with Gasteiger partial charge in [0.15, 0.2) is 5.65 Å². The number of aromatic amines is 1. The van der Waals surface area contributed by atoms with E-state index in [0.29, 0.717) is 22.1 Å². The van der Waals surface area contributed by atoms with E-state index in [4.69, 9.17) is 16.3 Å². The van der Waals surface area contributed by atoms with Crippen molar-refractivity contribution < 1.29 is 9.53 Å². The SMILES string of the molecule is COc1ccc(-c2c(Cl)cnc3nc(-c4ccc(C(=O)N5CCN(C)CC5)cc4)[nH]c23)cc1.Cl. The average molecular weight is 498 g/mol. The summed E-state index contributed by atoms with van der Waals surface area (Å²) in [5, 5.41) is 0.538. The number of likely N-dealkylation sites (N-methyl/N-ethyl adjacent to an activating group) is 1. The topological polar surface area (TPSA) is 74.4 Å². The first-order chi connectivity index (χ1) is 16.0. The summed E-state index contributed by atoms with van der Waals surface area (Å²) in [6.07, 6.45) is 1.62. The lowest BCUT2D eigenvalue weighted by molar-refractivity contribution is 0.0664. The van der Waals surface area contributed by atoms with Crippen molar-refractivity contribution in [3.63, 3.8) is 0 Å². The van der Waals surface area contributed by atoms with Crippen LogP contribution in [0.25, 0.3) is 33.7 Å². The van der Waals surface area contributed by atoms with Gasteiger partial charge in [0, 0.05) is 49.1 Å². The van der Waals surface area contributed by atoms with Crippen LogP contribution in [0.4, 0.5) is 0 Å². The van der Waals surface area contributed by atoms with Gasteiger partial charge in [0.25, 0.3) is 5.91 Å². The standard InChI is InChI=1S/C25H24ClN5O2.ClH/c1-30-11-13-31(14-12-30)25(32)18-5-3-17(4-6-18)23-28-22-21(20(26)15-27-24(22)29-23)16-7-9-19(33-2)10-8-16;/h3-10,15H,11-14H2,1-2H3,(H,27,28,29);1H. The van der Waals surface area contributed by atoms with Crippen LogP contribution in [0.5, 0.6) is 5.75 Å². The van der Waals surface area contributed by atoms with Crippen LogP contribution >= 0.6 is 24.0 Å². The fourth-order valence-electron chi connectivity index (χ4n) is 4.07. The van der Waals surface area contributed by atoms with E-state index in [2.05, 4.69) is 26.9 Å². The van der Waals surface area contributed by atoms with Gasteiger partial charge < -0.3 is 19.5 Å². The Labute approximate surface area is 209 Å². The van der Waals surface area contributed by atoms with E-state index in [1.54, 1.807) is 13.3 Å². The Morgan fingerprint density at radius 2 is 1.65 bits per heavy atom. The fraction of sp³-hybridized carbons (Fsp3) is 0.240. The Morgan fingerprint density at radius 1 is 1.00 bits per heavy atom. The maximum absolute atomic E-state index is 12.8. The number of fused-ring (bicyclic) bond motifs is 1. The predicted octanol–water partition coefficient (Wildman–Crippen LogP) is 4.76. The second kappa shape index (κ2) is 10.0. The van der Waals surface area contributed by atoms with E-state index in [9.17, 15) is 4.79 Å². The minimum absolute atomic E-state index is 0. The van der Waals surface area contributed by atoms with Crippen LogP contribution < -0.4 is 4.74 Å². The molecule has 0 unspecified atom stereocenters. The third kappa shape index (κ3) is 4.59. The number of H-pyrrole nitrogens is 1. The van der Waals surface area contributed by atoms with E-state index in [1.165, 1.54) is 0 Å². The number of rotatable bonds is 4. The fourth-order valence-corrected chi connectivity index (χ4v) is 4.33. The first-order valence-electron chi connectivity index (χ1n) is 10.8. The molecule has 2 aromatic heterocycles. The van der Waals surface area contributed by atoms with Crippen molar-refractivity contribution in [3.05, 3.63) is 65.3 Å². The molecule has 0 atom stereocenters. The van der Waals surface area contributed by atoms with Gasteiger partial charge in [0.2, 0.25) is 0 Å². The van der Waals surface area contributed by atoms with Crippen molar-refractivity contribution >= 4 is 41.1 Å². The van der Waals surface area contributed by atoms with Crippen LogP contribution in [-0.2, 0) is 0 Å². The summed E-state index contributed by atoms with van der Waals surface area (Å²) in [7, 11) is 3.71. The van der Waals surface area contributed by atoms with Crippen LogP contribution in [0.15, 0.2) is 54.7 Å². The zero-order chi connectivity index (χ0) is 22.9. The minimum Gasteiger partial charge on any atom is -0.497 e. The molecule has 5 rings (SSSR count). The third-order valence-electron chi connectivity index (χ3n) is 6.05. The van der Waals surface area contributed by atoms with Crippen molar-refractivity contribution in [1.82, 2.24) is 24.8 Å². The first-order valence-corrected chi connectivity index (χ1v) is 11.2. The number of hydrogen-bond acceptors (Lipinski definition) is 5. The Morgan fingerprint density at radius 3 is 2.29 bits per heavy atom. The molecule has 176 valence electrons. The largest absolute Gasteiger partial charge is 0.497 e. The molecule has 0 saturated carbocycles. The van der Waals surface area contributed by atoms with Crippen LogP contribution in [0.2, 0.25) is 5.02 Å². The number of benzene rings is 2. The summed E-state index contributed by atoms with van der Waals surface area (Å²) in [6, 6.07) is 15.2. The van der Waals surface area contributed by atoms with E-state index >= 15 is 0 Å². The number of imidazole rings is 1. The summed E-state index contributed by atoms with van der Waals surface area (Å²) in [5.74, 6) is 1.51. The molecule has 0 radical (unpaired) electrons. The monoisotopic (exact) mass is 497 g/mol. The van der Waals surface area contributed by atoms with Gasteiger partial charge in [0.05, 0.1) is 17.6 Å². The first kappa shape index (κ1) is 24.0. The number of hydrogen-bond donors (Lipinski definition) is 1. The van der Waals surface area contributed by atoms with Gasteiger partial charge in [-0.3, -0.25) is 4.79 Å². The third-order valence-corrected chi connectivity index (χ3v) is 6.33. The number of carbonyl (C=O) groups excluding carboxylic acids is 1. The number of nitrogens with zero attached hydrogens (tertiary/aromatic N) is 4. The van der Waals surface area contributed by atoms with Crippen LogP contribution in [0.1, 0.15) is 10.4 Å². The number of carbonyl (C=O) groups is 1. The zero-order valence-electron chi connectivity index (χ0n) is 18.9. The lowest BCUT2D eigenvalue weighted by atomic mass is 10.1. The Balaban J connectivity index is 0.00000274. The number of aromatic nitrogens is 3. The lowest BCUT2D eigenvalue weighted by Gasteiger charge is -2.32. The number of nitrogens with one attached hydrogen (secondary N) is 1. The highest BCUT2D eigenvalue weighted by atomic mass is 35.5. The van der Waals surface area contributed by atoms with Gasteiger partial charge in [0.1, 0.15) is 11.6 Å². The number of piperazine rings is 1. The molecule has 1 amide bonds. The number of halogens is 2. The molecule has 4 aromatic rings. The molecule has 34 heavy (non-hydrogen) atoms. The highest BCUT2D eigenvalue weighted by molar-refractivity contribution is 6.34. The summed E-state index contributed by atoms with van der Waals surface area (Å²) in [6.45, 7) is 3.30. The Bertz CT molecular complexity index is 1300. The molecule has 9 heteroatoms. The Hall–Kier alpha value is -3.13. The molecule has 1 saturated heterocycles. The highest BCUT2D eigenvalue weighted by Gasteiger charge is 2.21. The molecule has 1 fully saturated rings. The molecule has 7 nitrogen and oxygen atoms in total. The molecule has 1 aliphatic heterocycles. The van der Waals surface area contributed by atoms with Gasteiger partial charge in [-0.15, -0.1) is 12.4 Å². The molecule has 2 aromatic carbocycles. The Kier molecular flexibility index (Phi) is 7.07. The summed E-state index contributed by atoms with van der Waals surface area (Å²) >= 11 is 6.52. The average Bonchev–Trinajstić information content (AvgIpc) is 3.28. The highest BCUT2D eigenvalue weighted by Crippen LogP contribution is 2.35. The summed E-state index contributed by atoms with van der Waals surface area (Å²) in [4.78, 5) is 29.4. The molecule has 0 spiro atoms. The van der Waals surface area contributed by atoms with E-state index < -0.39 is 0 Å². The number of methoxy groups -OCH3 is 1. The summed E-state index contributed by atoms with van der Waals surface area (Å²) in [5.41, 5.74) is 4.68. The van der Waals surface area contributed by atoms with E-state index in [0.717, 1.165) is 54.1 Å². The second-order valence-corrected chi connectivity index (χ2v) is 8.57. The maximum Gasteiger partial charge on any atom is 0.253 e. The minimum atomic E-state index is 0. The van der Waals surface area contributed by atoms with E-state index in [-0.39, 0.29) is 18.3 Å². The number of ether oxygens (including phenoxy) is 1. The molecule has 0 bridgehead atoms. The maximum atomic E-state index is 12.8. The van der Waals surface area contributed by atoms with Gasteiger partial charge in [-0.2, -0.15) is 0 Å². The molecule has 1 aliphatic rings. The molecular formula is C25H25Cl2N5O2. The number of pyridine rings is 1.